The highest BCUT2D eigenvalue weighted by molar-refractivity contribution is 7.99. The molecule has 0 aliphatic carbocycles. The maximum absolute atomic E-state index is 13.1. The number of halogens is 1. The number of rotatable bonds is 8. The van der Waals surface area contributed by atoms with E-state index in [1.165, 1.54) is 23.9 Å². The molecule has 150 valence electrons. The molecule has 0 fully saturated rings. The van der Waals surface area contributed by atoms with Crippen LogP contribution in [0.2, 0.25) is 0 Å². The Hall–Kier alpha value is -3.13. The van der Waals surface area contributed by atoms with Crippen LogP contribution in [0.4, 0.5) is 10.1 Å². The van der Waals surface area contributed by atoms with Gasteiger partial charge in [-0.15, -0.1) is 0 Å². The van der Waals surface area contributed by atoms with Gasteiger partial charge in [-0.2, -0.15) is 0 Å². The number of aromatic nitrogens is 2. The number of nitrogens with zero attached hydrogens (tertiary/aromatic N) is 2. The summed E-state index contributed by atoms with van der Waals surface area (Å²) in [6.07, 6.45) is 3.46. The van der Waals surface area contributed by atoms with Crippen LogP contribution in [0, 0.1) is 5.82 Å². The molecule has 1 amide bonds. The van der Waals surface area contributed by atoms with Gasteiger partial charge in [0.05, 0.1) is 23.6 Å². The van der Waals surface area contributed by atoms with Gasteiger partial charge in [0.15, 0.2) is 5.16 Å². The Kier molecular flexibility index (Phi) is 7.02. The lowest BCUT2D eigenvalue weighted by Crippen LogP contribution is -2.17. The predicted octanol–water partition coefficient (Wildman–Crippen LogP) is 3.98. The van der Waals surface area contributed by atoms with Gasteiger partial charge in [0.25, 0.3) is 0 Å². The molecule has 0 spiro atoms. The number of thioether (sulfide) groups is 1. The fourth-order valence-corrected chi connectivity index (χ4v) is 3.40. The van der Waals surface area contributed by atoms with E-state index in [-0.39, 0.29) is 24.1 Å². The second-order valence-electron chi connectivity index (χ2n) is 6.07. The van der Waals surface area contributed by atoms with Crippen LogP contribution in [-0.4, -0.2) is 33.8 Å². The third-order valence-electron chi connectivity index (χ3n) is 3.97. The number of hydrogen-bond donors (Lipinski definition) is 1. The van der Waals surface area contributed by atoms with Crippen LogP contribution in [0.1, 0.15) is 22.8 Å². The minimum absolute atomic E-state index is 0.123. The molecule has 2 aromatic carbocycles. The summed E-state index contributed by atoms with van der Waals surface area (Å²) in [5.74, 6) is -0.903. The Morgan fingerprint density at radius 3 is 2.69 bits per heavy atom. The summed E-state index contributed by atoms with van der Waals surface area (Å²) in [5.41, 5.74) is 1.65. The first kappa shape index (κ1) is 20.6. The summed E-state index contributed by atoms with van der Waals surface area (Å²) in [7, 11) is 0. The fraction of sp³-hybridized carbons (Fsp3) is 0.190. The number of nitrogens with one attached hydrogen (secondary N) is 1. The van der Waals surface area contributed by atoms with Gasteiger partial charge in [0.2, 0.25) is 5.91 Å². The number of para-hydroxylation sites is 1. The normalized spacial score (nSPS) is 10.6. The number of benzene rings is 2. The zero-order chi connectivity index (χ0) is 20.6. The van der Waals surface area contributed by atoms with Crippen molar-refractivity contribution in [3.8, 4) is 0 Å². The van der Waals surface area contributed by atoms with Crippen molar-refractivity contribution in [2.24, 2.45) is 0 Å². The number of carbonyl (C=O) groups is 2. The summed E-state index contributed by atoms with van der Waals surface area (Å²) in [6.45, 7) is 2.51. The number of esters is 1. The standard InChI is InChI=1S/C21H20FN3O3S/c1-2-28-20(27)17-5-3-4-6-18(17)24-19(26)14-29-21-23-11-12-25(21)13-15-7-9-16(22)10-8-15/h3-12H,2,13-14H2,1H3,(H,24,26). The van der Waals surface area contributed by atoms with E-state index in [4.69, 9.17) is 4.74 Å². The minimum Gasteiger partial charge on any atom is -0.462 e. The molecule has 0 saturated carbocycles. The molecule has 29 heavy (non-hydrogen) atoms. The van der Waals surface area contributed by atoms with E-state index in [0.717, 1.165) is 5.56 Å². The van der Waals surface area contributed by atoms with Crippen molar-refractivity contribution < 1.29 is 18.7 Å². The van der Waals surface area contributed by atoms with Gasteiger partial charge in [0.1, 0.15) is 5.82 Å². The molecule has 1 heterocycles. The minimum atomic E-state index is -0.481. The number of amides is 1. The van der Waals surface area contributed by atoms with Crippen LogP contribution < -0.4 is 5.32 Å². The molecule has 0 atom stereocenters. The molecule has 0 aliphatic rings. The van der Waals surface area contributed by atoms with Crippen molar-refractivity contribution in [2.45, 2.75) is 18.6 Å². The average Bonchev–Trinajstić information content (AvgIpc) is 3.16. The summed E-state index contributed by atoms with van der Waals surface area (Å²) < 4.78 is 20.0. The van der Waals surface area contributed by atoms with Crippen molar-refractivity contribution in [3.63, 3.8) is 0 Å². The predicted molar refractivity (Wildman–Crippen MR) is 109 cm³/mol. The molecular weight excluding hydrogens is 393 g/mol. The van der Waals surface area contributed by atoms with Gasteiger partial charge in [-0.25, -0.2) is 14.2 Å². The highest BCUT2D eigenvalue weighted by atomic mass is 32.2. The molecule has 3 rings (SSSR count). The maximum Gasteiger partial charge on any atom is 0.340 e. The second kappa shape index (κ2) is 9.88. The second-order valence-corrected chi connectivity index (χ2v) is 7.01. The number of imidazole rings is 1. The zero-order valence-electron chi connectivity index (χ0n) is 15.8. The van der Waals surface area contributed by atoms with E-state index in [0.29, 0.717) is 23.0 Å². The Morgan fingerprint density at radius 2 is 1.93 bits per heavy atom. The van der Waals surface area contributed by atoms with Crippen LogP contribution in [0.15, 0.2) is 66.1 Å². The Morgan fingerprint density at radius 1 is 1.17 bits per heavy atom. The summed E-state index contributed by atoms with van der Waals surface area (Å²) in [4.78, 5) is 28.7. The van der Waals surface area contributed by atoms with Crippen LogP contribution in [0.25, 0.3) is 0 Å². The van der Waals surface area contributed by atoms with Crippen LogP contribution in [0.3, 0.4) is 0 Å². The quantitative estimate of drug-likeness (QED) is 0.447. The highest BCUT2D eigenvalue weighted by Gasteiger charge is 2.15. The fourth-order valence-electron chi connectivity index (χ4n) is 2.64. The van der Waals surface area contributed by atoms with Crippen molar-refractivity contribution in [1.29, 1.82) is 0 Å². The largest absolute Gasteiger partial charge is 0.462 e. The first-order chi connectivity index (χ1) is 14.1. The molecule has 0 saturated heterocycles. The number of ether oxygens (including phenoxy) is 1. The van der Waals surface area contributed by atoms with Gasteiger partial charge in [-0.3, -0.25) is 4.79 Å². The smallest absolute Gasteiger partial charge is 0.340 e. The van der Waals surface area contributed by atoms with Crippen molar-refractivity contribution in [1.82, 2.24) is 9.55 Å². The number of hydrogen-bond acceptors (Lipinski definition) is 5. The maximum atomic E-state index is 13.1. The highest BCUT2D eigenvalue weighted by Crippen LogP contribution is 2.20. The topological polar surface area (TPSA) is 73.2 Å². The van der Waals surface area contributed by atoms with Crippen molar-refractivity contribution >= 4 is 29.3 Å². The molecule has 0 unspecified atom stereocenters. The molecule has 0 bridgehead atoms. The van der Waals surface area contributed by atoms with Crippen molar-refractivity contribution in [3.05, 3.63) is 77.9 Å². The summed E-state index contributed by atoms with van der Waals surface area (Å²) >= 11 is 1.28. The number of anilines is 1. The van der Waals surface area contributed by atoms with E-state index in [1.54, 1.807) is 55.7 Å². The van der Waals surface area contributed by atoms with Gasteiger partial charge in [0, 0.05) is 18.9 Å². The lowest BCUT2D eigenvalue weighted by molar-refractivity contribution is -0.113. The van der Waals surface area contributed by atoms with Crippen LogP contribution >= 0.6 is 11.8 Å². The molecule has 1 aromatic heterocycles. The van der Waals surface area contributed by atoms with Gasteiger partial charge in [-0.1, -0.05) is 36.0 Å². The molecular formula is C21H20FN3O3S. The molecule has 6 nitrogen and oxygen atoms in total. The first-order valence-corrected chi connectivity index (χ1v) is 9.99. The summed E-state index contributed by atoms with van der Waals surface area (Å²) in [6, 6.07) is 13.0. The first-order valence-electron chi connectivity index (χ1n) is 9.01. The Bertz CT molecular complexity index is 989. The molecule has 1 N–H and O–H groups in total. The number of carbonyl (C=O) groups excluding carboxylic acids is 2. The van der Waals surface area contributed by atoms with E-state index < -0.39 is 5.97 Å². The van der Waals surface area contributed by atoms with Gasteiger partial charge in [-0.05, 0) is 36.8 Å². The van der Waals surface area contributed by atoms with Crippen LogP contribution in [0.5, 0.6) is 0 Å². The van der Waals surface area contributed by atoms with E-state index >= 15 is 0 Å². The SMILES string of the molecule is CCOC(=O)c1ccccc1NC(=O)CSc1nccn1Cc1ccc(F)cc1. The Labute approximate surface area is 172 Å². The van der Waals surface area contributed by atoms with Crippen molar-refractivity contribution in [2.75, 3.05) is 17.7 Å². The van der Waals surface area contributed by atoms with Gasteiger partial charge >= 0.3 is 5.97 Å². The lowest BCUT2D eigenvalue weighted by atomic mass is 10.2. The lowest BCUT2D eigenvalue weighted by Gasteiger charge is -2.11. The Balaban J connectivity index is 1.60. The third-order valence-corrected chi connectivity index (χ3v) is 4.98. The third kappa shape index (κ3) is 5.68. The molecule has 0 aliphatic heterocycles. The van der Waals surface area contributed by atoms with E-state index in [9.17, 15) is 14.0 Å². The monoisotopic (exact) mass is 413 g/mol. The van der Waals surface area contributed by atoms with Crippen LogP contribution in [-0.2, 0) is 16.1 Å². The molecule has 8 heteroatoms. The average molecular weight is 413 g/mol. The zero-order valence-corrected chi connectivity index (χ0v) is 16.6. The van der Waals surface area contributed by atoms with Gasteiger partial charge < -0.3 is 14.6 Å². The summed E-state index contributed by atoms with van der Waals surface area (Å²) in [5, 5.41) is 3.42. The molecule has 3 aromatic rings. The molecule has 0 radical (unpaired) electrons. The van der Waals surface area contributed by atoms with E-state index in [2.05, 4.69) is 10.3 Å². The van der Waals surface area contributed by atoms with E-state index in [1.807, 2.05) is 4.57 Å².